The normalized spacial score (nSPS) is 9.79. The van der Waals surface area contributed by atoms with Crippen LogP contribution in [-0.4, -0.2) is 5.12 Å². The number of hydrogen-bond donors (Lipinski definition) is 0. The molecule has 0 saturated carbocycles. The fraction of sp³-hybridized carbons (Fsp3) is 0.250. The van der Waals surface area contributed by atoms with E-state index in [1.54, 1.807) is 11.3 Å². The van der Waals surface area contributed by atoms with Gasteiger partial charge in [0.25, 0.3) is 0 Å². The van der Waals surface area contributed by atoms with Crippen LogP contribution in [0.1, 0.15) is 16.7 Å². The average molecular weight is 232 g/mol. The van der Waals surface area contributed by atoms with Crippen LogP contribution in [0.2, 0.25) is 0 Å². The Morgan fingerprint density at radius 2 is 1.71 bits per heavy atom. The summed E-state index contributed by atoms with van der Waals surface area (Å²) in [5.74, 6) is 0. The standard InChI is InChI=1S/C12H15N.Ni/c1-6-13(5)12-10(3)7-9(2)8-11(12)4;/h5-8H,1H2,2-4H3;. The van der Waals surface area contributed by atoms with Gasteiger partial charge in [-0.3, -0.25) is 0 Å². The van der Waals surface area contributed by atoms with E-state index >= 15 is 0 Å². The van der Waals surface area contributed by atoms with Gasteiger partial charge in [0, 0.05) is 0 Å². The van der Waals surface area contributed by atoms with Gasteiger partial charge in [0.2, 0.25) is 0 Å². The van der Waals surface area contributed by atoms with Crippen molar-refractivity contribution in [1.82, 2.24) is 0 Å². The van der Waals surface area contributed by atoms with Crippen LogP contribution < -0.4 is 4.90 Å². The maximum absolute atomic E-state index is 4.64. The van der Waals surface area contributed by atoms with Crippen molar-refractivity contribution in [2.45, 2.75) is 20.8 Å². The molecule has 14 heavy (non-hydrogen) atoms. The van der Waals surface area contributed by atoms with Gasteiger partial charge in [-0.1, -0.05) is 0 Å². The monoisotopic (exact) mass is 231 g/mol. The summed E-state index contributed by atoms with van der Waals surface area (Å²) < 4.78 is 0. The van der Waals surface area contributed by atoms with Crippen molar-refractivity contribution in [2.75, 3.05) is 4.90 Å². The van der Waals surface area contributed by atoms with E-state index in [9.17, 15) is 0 Å². The number of rotatable bonds is 3. The Morgan fingerprint density at radius 1 is 1.21 bits per heavy atom. The molecule has 0 unspecified atom stereocenters. The molecular weight excluding hydrogens is 217 g/mol. The Hall–Kier alpha value is -0.876. The van der Waals surface area contributed by atoms with Crippen LogP contribution in [-0.2, 0) is 15.0 Å². The summed E-state index contributed by atoms with van der Waals surface area (Å²) in [5.41, 5.74) is 4.89. The summed E-state index contributed by atoms with van der Waals surface area (Å²) in [5, 5.41) is 1.65. The minimum atomic E-state index is 1.15. The van der Waals surface area contributed by atoms with Crippen molar-refractivity contribution in [2.24, 2.45) is 0 Å². The van der Waals surface area contributed by atoms with Crippen molar-refractivity contribution in [1.29, 1.82) is 0 Å². The van der Waals surface area contributed by atoms with E-state index in [2.05, 4.69) is 54.5 Å². The molecule has 0 aromatic heterocycles. The molecule has 2 heteroatoms. The summed E-state index contributed by atoms with van der Waals surface area (Å²) in [6, 6.07) is 4.31. The van der Waals surface area contributed by atoms with Crippen molar-refractivity contribution in [3.63, 3.8) is 0 Å². The van der Waals surface area contributed by atoms with Crippen molar-refractivity contribution < 1.29 is 15.0 Å². The van der Waals surface area contributed by atoms with Crippen LogP contribution in [0.4, 0.5) is 5.69 Å². The topological polar surface area (TPSA) is 3.24 Å². The second-order valence-corrected chi connectivity index (χ2v) is 3.67. The molecule has 0 N–H and O–H groups in total. The molecule has 0 radical (unpaired) electrons. The molecule has 0 fully saturated rings. The molecule has 0 amide bonds. The zero-order valence-electron chi connectivity index (χ0n) is 8.78. The van der Waals surface area contributed by atoms with Crippen LogP contribution in [0, 0.1) is 20.8 Å². The molecular formula is C12H15NNi. The molecule has 0 bridgehead atoms. The van der Waals surface area contributed by atoms with Crippen LogP contribution >= 0.6 is 0 Å². The first-order valence-electron chi connectivity index (χ1n) is 4.49. The quantitative estimate of drug-likeness (QED) is 0.724. The summed E-state index contributed by atoms with van der Waals surface area (Å²) >= 11 is 4.64. The molecule has 0 saturated heterocycles. The fourth-order valence-corrected chi connectivity index (χ4v) is 1.98. The van der Waals surface area contributed by atoms with Crippen LogP contribution in [0.3, 0.4) is 0 Å². The first kappa shape index (κ1) is 11.2. The van der Waals surface area contributed by atoms with E-state index in [1.807, 2.05) is 4.90 Å². The SMILES string of the molecule is C=CN([CH]=[Ni])c1c(C)cc(C)cc1C. The molecule has 0 spiro atoms. The van der Waals surface area contributed by atoms with Gasteiger partial charge in [-0.25, -0.2) is 0 Å². The number of aryl methyl sites for hydroxylation is 3. The van der Waals surface area contributed by atoms with E-state index in [4.69, 9.17) is 0 Å². The number of nitrogens with zero attached hydrogens (tertiary/aromatic N) is 1. The van der Waals surface area contributed by atoms with Gasteiger partial charge in [0.05, 0.1) is 0 Å². The molecule has 1 rings (SSSR count). The summed E-state index contributed by atoms with van der Waals surface area (Å²) in [4.78, 5) is 1.89. The minimum absolute atomic E-state index is 1.15. The molecule has 0 heterocycles. The van der Waals surface area contributed by atoms with Gasteiger partial charge in [-0.05, 0) is 0 Å². The van der Waals surface area contributed by atoms with E-state index in [0.717, 1.165) is 5.69 Å². The van der Waals surface area contributed by atoms with Crippen molar-refractivity contribution >= 4 is 10.8 Å². The zero-order chi connectivity index (χ0) is 10.7. The van der Waals surface area contributed by atoms with E-state index in [0.29, 0.717) is 0 Å². The molecule has 1 aromatic rings. The van der Waals surface area contributed by atoms with Gasteiger partial charge in [-0.2, -0.15) is 0 Å². The van der Waals surface area contributed by atoms with Gasteiger partial charge < -0.3 is 0 Å². The van der Waals surface area contributed by atoms with Gasteiger partial charge in [0.1, 0.15) is 0 Å². The summed E-state index contributed by atoms with van der Waals surface area (Å²) in [7, 11) is 0. The van der Waals surface area contributed by atoms with E-state index < -0.39 is 0 Å². The van der Waals surface area contributed by atoms with E-state index in [-0.39, 0.29) is 0 Å². The van der Waals surface area contributed by atoms with Gasteiger partial charge >= 0.3 is 93.1 Å². The third-order valence-electron chi connectivity index (χ3n) is 2.18. The molecule has 1 aromatic carbocycles. The molecule has 0 aliphatic rings. The number of benzene rings is 1. The van der Waals surface area contributed by atoms with Crippen molar-refractivity contribution in [3.8, 4) is 0 Å². The number of anilines is 1. The second-order valence-electron chi connectivity index (χ2n) is 3.42. The second kappa shape index (κ2) is 4.57. The van der Waals surface area contributed by atoms with Crippen LogP contribution in [0.5, 0.6) is 0 Å². The first-order chi connectivity index (χ1) is 6.60. The van der Waals surface area contributed by atoms with Crippen LogP contribution in [0.15, 0.2) is 24.9 Å². The first-order valence-corrected chi connectivity index (χ1v) is 5.06. The Morgan fingerprint density at radius 3 is 2.07 bits per heavy atom. The fourth-order valence-electron chi connectivity index (χ4n) is 1.75. The molecule has 0 atom stereocenters. The maximum atomic E-state index is 4.64. The Balaban J connectivity index is 3.32. The van der Waals surface area contributed by atoms with Crippen molar-refractivity contribution in [3.05, 3.63) is 41.6 Å². The number of hydrogen-bond acceptors (Lipinski definition) is 1. The van der Waals surface area contributed by atoms with Crippen LogP contribution in [0.25, 0.3) is 0 Å². The zero-order valence-corrected chi connectivity index (χ0v) is 9.77. The molecule has 0 aliphatic carbocycles. The summed E-state index contributed by atoms with van der Waals surface area (Å²) in [6.07, 6.45) is 1.74. The Bertz CT molecular complexity index is 338. The summed E-state index contributed by atoms with van der Waals surface area (Å²) in [6.45, 7) is 10.0. The van der Waals surface area contributed by atoms with E-state index in [1.165, 1.54) is 16.7 Å². The molecule has 0 aliphatic heterocycles. The predicted molar refractivity (Wildman–Crippen MR) is 59.4 cm³/mol. The van der Waals surface area contributed by atoms with Gasteiger partial charge in [0.15, 0.2) is 0 Å². The van der Waals surface area contributed by atoms with Gasteiger partial charge in [-0.15, -0.1) is 0 Å². The Kier molecular flexibility index (Phi) is 3.65. The predicted octanol–water partition coefficient (Wildman–Crippen LogP) is 2.87. The third kappa shape index (κ3) is 2.13. The average Bonchev–Trinajstić information content (AvgIpc) is 2.10. The molecule has 1 nitrogen and oxygen atoms in total. The third-order valence-corrected chi connectivity index (χ3v) is 2.45. The Labute approximate surface area is 93.3 Å². The molecule has 78 valence electrons.